The van der Waals surface area contributed by atoms with Crippen molar-refractivity contribution in [3.8, 4) is 0 Å². The van der Waals surface area contributed by atoms with Crippen molar-refractivity contribution in [3.05, 3.63) is 59.5 Å². The van der Waals surface area contributed by atoms with Gasteiger partial charge in [0.05, 0.1) is 17.9 Å². The van der Waals surface area contributed by atoms with Crippen molar-refractivity contribution in [2.75, 3.05) is 0 Å². The molecular weight excluding hydrogens is 254 g/mol. The predicted molar refractivity (Wildman–Crippen MR) is 76.4 cm³/mol. The zero-order valence-electron chi connectivity index (χ0n) is 11.7. The van der Waals surface area contributed by atoms with Crippen LogP contribution in [0.15, 0.2) is 47.1 Å². The van der Waals surface area contributed by atoms with Crippen LogP contribution in [0.4, 0.5) is 0 Å². The molecule has 4 heteroatoms. The van der Waals surface area contributed by atoms with Gasteiger partial charge in [0, 0.05) is 6.04 Å². The second kappa shape index (κ2) is 6.39. The van der Waals surface area contributed by atoms with Gasteiger partial charge in [-0.25, -0.2) is 0 Å². The molecule has 0 aliphatic carbocycles. The van der Waals surface area contributed by atoms with E-state index in [4.69, 9.17) is 4.42 Å². The van der Waals surface area contributed by atoms with Gasteiger partial charge in [-0.15, -0.1) is 0 Å². The van der Waals surface area contributed by atoms with Gasteiger partial charge < -0.3 is 14.8 Å². The van der Waals surface area contributed by atoms with Crippen molar-refractivity contribution in [2.45, 2.75) is 32.4 Å². The Kier molecular flexibility index (Phi) is 4.58. The van der Waals surface area contributed by atoms with Crippen molar-refractivity contribution < 1.29 is 14.3 Å². The minimum atomic E-state index is -0.586. The molecule has 0 aliphatic rings. The number of aliphatic hydroxyl groups is 1. The van der Waals surface area contributed by atoms with Crippen LogP contribution in [0.5, 0.6) is 0 Å². The van der Waals surface area contributed by atoms with Crippen molar-refractivity contribution in [1.82, 2.24) is 5.32 Å². The van der Waals surface area contributed by atoms with E-state index < -0.39 is 6.10 Å². The Hall–Kier alpha value is -2.07. The van der Waals surface area contributed by atoms with Crippen molar-refractivity contribution in [1.29, 1.82) is 0 Å². The third-order valence-corrected chi connectivity index (χ3v) is 3.24. The van der Waals surface area contributed by atoms with E-state index in [1.54, 1.807) is 13.0 Å². The monoisotopic (exact) mass is 273 g/mol. The Balaban J connectivity index is 1.91. The number of rotatable bonds is 5. The summed E-state index contributed by atoms with van der Waals surface area (Å²) >= 11 is 0. The van der Waals surface area contributed by atoms with E-state index in [2.05, 4.69) is 5.32 Å². The first-order chi connectivity index (χ1) is 9.58. The van der Waals surface area contributed by atoms with E-state index in [0.29, 0.717) is 17.7 Å². The number of carbonyl (C=O) groups excluding carboxylic acids is 1. The molecule has 1 aromatic carbocycles. The van der Waals surface area contributed by atoms with Gasteiger partial charge in [0.15, 0.2) is 0 Å². The molecule has 1 aromatic heterocycles. The maximum absolute atomic E-state index is 12.0. The predicted octanol–water partition coefficient (Wildman–Crippen LogP) is 2.83. The Labute approximate surface area is 118 Å². The number of hydrogen-bond donors (Lipinski definition) is 2. The Morgan fingerprint density at radius 1 is 1.30 bits per heavy atom. The number of furan rings is 1. The van der Waals surface area contributed by atoms with Gasteiger partial charge in [-0.2, -0.15) is 0 Å². The Morgan fingerprint density at radius 3 is 2.60 bits per heavy atom. The fourth-order valence-corrected chi connectivity index (χ4v) is 2.13. The summed E-state index contributed by atoms with van der Waals surface area (Å²) in [4.78, 5) is 12.0. The SMILES string of the molecule is Cc1occc1C(=O)N[C@H](C)C[C@H](O)c1ccccc1. The number of hydrogen-bond acceptors (Lipinski definition) is 3. The van der Waals surface area contributed by atoms with E-state index in [-0.39, 0.29) is 11.9 Å². The molecule has 0 unspecified atom stereocenters. The molecule has 4 nitrogen and oxygen atoms in total. The first-order valence-electron chi connectivity index (χ1n) is 6.66. The minimum absolute atomic E-state index is 0.132. The molecule has 2 rings (SSSR count). The highest BCUT2D eigenvalue weighted by Crippen LogP contribution is 2.18. The summed E-state index contributed by atoms with van der Waals surface area (Å²) in [5, 5.41) is 13.0. The first-order valence-corrected chi connectivity index (χ1v) is 6.66. The van der Waals surface area contributed by atoms with Crippen molar-refractivity contribution in [2.24, 2.45) is 0 Å². The molecular formula is C16H19NO3. The first kappa shape index (κ1) is 14.3. The fraction of sp³-hybridized carbons (Fsp3) is 0.312. The average Bonchev–Trinajstić information content (AvgIpc) is 2.86. The molecule has 106 valence electrons. The van der Waals surface area contributed by atoms with Crippen LogP contribution in [0.1, 0.15) is 41.1 Å². The third-order valence-electron chi connectivity index (χ3n) is 3.24. The van der Waals surface area contributed by atoms with Gasteiger partial charge in [0.25, 0.3) is 5.91 Å². The van der Waals surface area contributed by atoms with Crippen LogP contribution in [-0.4, -0.2) is 17.1 Å². The third kappa shape index (κ3) is 3.48. The van der Waals surface area contributed by atoms with E-state index in [9.17, 15) is 9.90 Å². The standard InChI is InChI=1S/C16H19NO3/c1-11(10-15(18)13-6-4-3-5-7-13)17-16(19)14-8-9-20-12(14)2/h3-9,11,15,18H,10H2,1-2H3,(H,17,19)/t11-,15+/m1/s1. The van der Waals surface area contributed by atoms with Crippen LogP contribution in [0.25, 0.3) is 0 Å². The lowest BCUT2D eigenvalue weighted by molar-refractivity contribution is 0.0915. The molecule has 0 saturated heterocycles. The molecule has 0 radical (unpaired) electrons. The second-order valence-electron chi connectivity index (χ2n) is 4.93. The molecule has 0 bridgehead atoms. The average molecular weight is 273 g/mol. The van der Waals surface area contributed by atoms with Gasteiger partial charge in [-0.3, -0.25) is 4.79 Å². The van der Waals surface area contributed by atoms with Gasteiger partial charge in [-0.1, -0.05) is 30.3 Å². The quantitative estimate of drug-likeness (QED) is 0.880. The van der Waals surface area contributed by atoms with Crippen LogP contribution in [0, 0.1) is 6.92 Å². The zero-order valence-corrected chi connectivity index (χ0v) is 11.7. The summed E-state index contributed by atoms with van der Waals surface area (Å²) in [5.74, 6) is 0.419. The van der Waals surface area contributed by atoms with E-state index in [1.165, 1.54) is 6.26 Å². The lowest BCUT2D eigenvalue weighted by Crippen LogP contribution is -2.33. The van der Waals surface area contributed by atoms with Crippen molar-refractivity contribution >= 4 is 5.91 Å². The zero-order chi connectivity index (χ0) is 14.5. The number of carbonyl (C=O) groups is 1. The summed E-state index contributed by atoms with van der Waals surface area (Å²) in [6, 6.07) is 10.9. The van der Waals surface area contributed by atoms with Gasteiger partial charge in [0.1, 0.15) is 5.76 Å². The highest BCUT2D eigenvalue weighted by atomic mass is 16.3. The van der Waals surface area contributed by atoms with Crippen molar-refractivity contribution in [3.63, 3.8) is 0 Å². The number of benzene rings is 1. The molecule has 0 spiro atoms. The molecule has 0 aliphatic heterocycles. The number of amides is 1. The fourth-order valence-electron chi connectivity index (χ4n) is 2.13. The van der Waals surface area contributed by atoms with E-state index >= 15 is 0 Å². The van der Waals surface area contributed by atoms with Crippen LogP contribution in [0.3, 0.4) is 0 Å². The topological polar surface area (TPSA) is 62.5 Å². The van der Waals surface area contributed by atoms with Gasteiger partial charge >= 0.3 is 0 Å². The summed E-state index contributed by atoms with van der Waals surface area (Å²) in [5.41, 5.74) is 1.39. The molecule has 0 saturated carbocycles. The molecule has 20 heavy (non-hydrogen) atoms. The van der Waals surface area contributed by atoms with E-state index in [1.807, 2.05) is 37.3 Å². The van der Waals surface area contributed by atoms with Gasteiger partial charge in [0.2, 0.25) is 0 Å². The molecule has 2 aromatic rings. The largest absolute Gasteiger partial charge is 0.469 e. The summed E-state index contributed by atoms with van der Waals surface area (Å²) < 4.78 is 5.11. The number of nitrogens with one attached hydrogen (secondary N) is 1. The van der Waals surface area contributed by atoms with Crippen LogP contribution >= 0.6 is 0 Å². The second-order valence-corrected chi connectivity index (χ2v) is 4.93. The lowest BCUT2D eigenvalue weighted by Gasteiger charge is -2.18. The van der Waals surface area contributed by atoms with Crippen LogP contribution in [-0.2, 0) is 0 Å². The molecule has 1 amide bonds. The highest BCUT2D eigenvalue weighted by Gasteiger charge is 2.17. The lowest BCUT2D eigenvalue weighted by atomic mass is 10.0. The summed E-state index contributed by atoms with van der Waals surface area (Å²) in [7, 11) is 0. The maximum atomic E-state index is 12.0. The number of aliphatic hydroxyl groups excluding tert-OH is 1. The summed E-state index contributed by atoms with van der Waals surface area (Å²) in [6.07, 6.45) is 1.37. The normalized spacial score (nSPS) is 13.8. The Bertz CT molecular complexity index is 562. The van der Waals surface area contributed by atoms with Gasteiger partial charge in [-0.05, 0) is 31.9 Å². The Morgan fingerprint density at radius 2 is 2.00 bits per heavy atom. The minimum Gasteiger partial charge on any atom is -0.469 e. The number of aryl methyl sites for hydroxylation is 1. The van der Waals surface area contributed by atoms with E-state index in [0.717, 1.165) is 5.56 Å². The molecule has 2 N–H and O–H groups in total. The molecule has 2 atom stereocenters. The molecule has 1 heterocycles. The highest BCUT2D eigenvalue weighted by molar-refractivity contribution is 5.95. The smallest absolute Gasteiger partial charge is 0.255 e. The summed E-state index contributed by atoms with van der Waals surface area (Å²) in [6.45, 7) is 3.62. The maximum Gasteiger partial charge on any atom is 0.255 e. The van der Waals surface area contributed by atoms with Crippen LogP contribution in [0.2, 0.25) is 0 Å². The molecule has 0 fully saturated rings. The van der Waals surface area contributed by atoms with Crippen LogP contribution < -0.4 is 5.32 Å².